The molecule has 0 amide bonds. The first-order chi connectivity index (χ1) is 6.85. The second kappa shape index (κ2) is 2.98. The third-order valence-corrected chi connectivity index (χ3v) is 4.96. The molecule has 2 heteroatoms. The van der Waals surface area contributed by atoms with Gasteiger partial charge in [-0.1, -0.05) is 18.0 Å². The Morgan fingerprint density at radius 3 is 2.86 bits per heavy atom. The molecule has 3 saturated carbocycles. The van der Waals surface area contributed by atoms with Gasteiger partial charge in [-0.2, -0.15) is 0 Å². The molecule has 0 aromatic rings. The summed E-state index contributed by atoms with van der Waals surface area (Å²) in [4.78, 5) is 0. The summed E-state index contributed by atoms with van der Waals surface area (Å²) >= 11 is 0. The highest BCUT2D eigenvalue weighted by atomic mass is 16.4. The number of hydrogen-bond acceptors (Lipinski definition) is 2. The molecule has 78 valence electrons. The van der Waals surface area contributed by atoms with Gasteiger partial charge in [-0.25, -0.2) is 0 Å². The highest BCUT2D eigenvalue weighted by molar-refractivity contribution is 5.91. The molecule has 3 rings (SSSR count). The van der Waals surface area contributed by atoms with Crippen molar-refractivity contribution in [3.8, 4) is 0 Å². The minimum atomic E-state index is 0.357. The lowest BCUT2D eigenvalue weighted by Crippen LogP contribution is -2.39. The number of rotatable bonds is 0. The van der Waals surface area contributed by atoms with Gasteiger partial charge in [0.05, 0.1) is 5.71 Å². The fourth-order valence-corrected chi connectivity index (χ4v) is 4.38. The van der Waals surface area contributed by atoms with Gasteiger partial charge >= 0.3 is 0 Å². The van der Waals surface area contributed by atoms with Crippen molar-refractivity contribution >= 4 is 5.71 Å². The molecule has 0 aromatic heterocycles. The van der Waals surface area contributed by atoms with Crippen molar-refractivity contribution in [2.45, 2.75) is 51.4 Å². The Labute approximate surface area is 85.4 Å². The molecule has 2 bridgehead atoms. The fourth-order valence-electron chi connectivity index (χ4n) is 4.38. The van der Waals surface area contributed by atoms with E-state index < -0.39 is 0 Å². The summed E-state index contributed by atoms with van der Waals surface area (Å²) in [5.41, 5.74) is 1.51. The van der Waals surface area contributed by atoms with E-state index in [-0.39, 0.29) is 0 Å². The Morgan fingerprint density at radius 1 is 1.29 bits per heavy atom. The highest BCUT2D eigenvalue weighted by Crippen LogP contribution is 2.60. The van der Waals surface area contributed by atoms with Crippen LogP contribution >= 0.6 is 0 Å². The van der Waals surface area contributed by atoms with E-state index in [4.69, 9.17) is 5.21 Å². The Morgan fingerprint density at radius 2 is 2.21 bits per heavy atom. The predicted octanol–water partition coefficient (Wildman–Crippen LogP) is 3.20. The van der Waals surface area contributed by atoms with E-state index in [1.54, 1.807) is 0 Å². The molecule has 3 fully saturated rings. The summed E-state index contributed by atoms with van der Waals surface area (Å²) in [6.07, 6.45) is 10.5. The SMILES string of the molecule is ON=C1CCCCC12CC1CCC2C1. The van der Waals surface area contributed by atoms with Gasteiger partial charge in [0.2, 0.25) is 0 Å². The molecule has 0 aliphatic heterocycles. The maximum Gasteiger partial charge on any atom is 0.0635 e. The van der Waals surface area contributed by atoms with Gasteiger partial charge in [-0.15, -0.1) is 0 Å². The van der Waals surface area contributed by atoms with E-state index >= 15 is 0 Å². The van der Waals surface area contributed by atoms with Crippen LogP contribution in [0, 0.1) is 17.3 Å². The highest BCUT2D eigenvalue weighted by Gasteiger charge is 2.54. The van der Waals surface area contributed by atoms with Gasteiger partial charge in [-0.3, -0.25) is 0 Å². The van der Waals surface area contributed by atoms with E-state index in [0.29, 0.717) is 5.41 Å². The van der Waals surface area contributed by atoms with Crippen molar-refractivity contribution in [1.29, 1.82) is 0 Å². The maximum absolute atomic E-state index is 9.13. The number of hydrogen-bond donors (Lipinski definition) is 1. The standard InChI is InChI=1S/C12H19NO/c14-13-11-3-1-2-6-12(11)8-9-4-5-10(12)7-9/h9-10,14H,1-8H2. The van der Waals surface area contributed by atoms with Crippen LogP contribution in [0.4, 0.5) is 0 Å². The van der Waals surface area contributed by atoms with E-state index in [1.165, 1.54) is 44.9 Å². The normalized spacial score (nSPS) is 49.3. The van der Waals surface area contributed by atoms with Crippen molar-refractivity contribution in [1.82, 2.24) is 0 Å². The van der Waals surface area contributed by atoms with Crippen LogP contribution in [-0.4, -0.2) is 10.9 Å². The minimum Gasteiger partial charge on any atom is -0.411 e. The second-order valence-electron chi connectivity index (χ2n) is 5.49. The third-order valence-electron chi connectivity index (χ3n) is 4.96. The quantitative estimate of drug-likeness (QED) is 0.465. The van der Waals surface area contributed by atoms with E-state index in [1.807, 2.05) is 0 Å². The van der Waals surface area contributed by atoms with Crippen molar-refractivity contribution in [2.75, 3.05) is 0 Å². The minimum absolute atomic E-state index is 0.357. The average molecular weight is 193 g/mol. The fraction of sp³-hybridized carbons (Fsp3) is 0.917. The largest absolute Gasteiger partial charge is 0.411 e. The molecule has 2 nitrogen and oxygen atoms in total. The Hall–Kier alpha value is -0.530. The third kappa shape index (κ3) is 0.999. The van der Waals surface area contributed by atoms with Crippen LogP contribution in [0.25, 0.3) is 0 Å². The second-order valence-corrected chi connectivity index (χ2v) is 5.49. The average Bonchev–Trinajstić information content (AvgIpc) is 2.79. The molecular weight excluding hydrogens is 174 g/mol. The zero-order chi connectivity index (χ0) is 9.60. The molecule has 0 saturated heterocycles. The van der Waals surface area contributed by atoms with Gasteiger partial charge in [0.15, 0.2) is 0 Å². The number of oxime groups is 1. The molecule has 0 radical (unpaired) electrons. The molecule has 14 heavy (non-hydrogen) atoms. The molecule has 1 spiro atoms. The van der Waals surface area contributed by atoms with Crippen LogP contribution in [0.3, 0.4) is 0 Å². The summed E-state index contributed by atoms with van der Waals surface area (Å²) < 4.78 is 0. The Bertz CT molecular complexity index is 273. The molecule has 0 heterocycles. The Balaban J connectivity index is 1.93. The lowest BCUT2D eigenvalue weighted by atomic mass is 9.63. The van der Waals surface area contributed by atoms with Gasteiger partial charge in [0, 0.05) is 5.41 Å². The van der Waals surface area contributed by atoms with Gasteiger partial charge in [0.1, 0.15) is 0 Å². The lowest BCUT2D eigenvalue weighted by molar-refractivity contribution is 0.201. The first-order valence-corrected chi connectivity index (χ1v) is 6.06. The molecule has 3 aliphatic carbocycles. The van der Waals surface area contributed by atoms with Crippen LogP contribution in [0.15, 0.2) is 5.16 Å². The summed E-state index contributed by atoms with van der Waals surface area (Å²) in [5, 5.41) is 12.8. The molecule has 0 aromatic carbocycles. The molecule has 1 N–H and O–H groups in total. The monoisotopic (exact) mass is 193 g/mol. The summed E-state index contributed by atoms with van der Waals surface area (Å²) in [5.74, 6) is 1.81. The van der Waals surface area contributed by atoms with Crippen molar-refractivity contribution in [2.24, 2.45) is 22.4 Å². The number of nitrogens with zero attached hydrogens (tertiary/aromatic N) is 1. The van der Waals surface area contributed by atoms with E-state index in [0.717, 1.165) is 24.0 Å². The lowest BCUT2D eigenvalue weighted by Gasteiger charge is -2.41. The van der Waals surface area contributed by atoms with Crippen LogP contribution in [0.2, 0.25) is 0 Å². The summed E-state index contributed by atoms with van der Waals surface area (Å²) in [6, 6.07) is 0. The predicted molar refractivity (Wildman–Crippen MR) is 55.6 cm³/mol. The van der Waals surface area contributed by atoms with E-state index in [2.05, 4.69) is 5.16 Å². The van der Waals surface area contributed by atoms with Crippen molar-refractivity contribution in [3.63, 3.8) is 0 Å². The van der Waals surface area contributed by atoms with E-state index in [9.17, 15) is 0 Å². The zero-order valence-electron chi connectivity index (χ0n) is 8.71. The van der Waals surface area contributed by atoms with Crippen molar-refractivity contribution < 1.29 is 5.21 Å². The summed E-state index contributed by atoms with van der Waals surface area (Å²) in [6.45, 7) is 0. The van der Waals surface area contributed by atoms with Gasteiger partial charge in [-0.05, 0) is 50.4 Å². The Kier molecular flexibility index (Phi) is 1.86. The molecule has 3 aliphatic rings. The molecular formula is C12H19NO. The number of fused-ring (bicyclic) bond motifs is 3. The van der Waals surface area contributed by atoms with Crippen LogP contribution in [-0.2, 0) is 0 Å². The zero-order valence-corrected chi connectivity index (χ0v) is 8.71. The summed E-state index contributed by atoms with van der Waals surface area (Å²) in [7, 11) is 0. The first-order valence-electron chi connectivity index (χ1n) is 6.06. The first kappa shape index (κ1) is 8.75. The topological polar surface area (TPSA) is 32.6 Å². The van der Waals surface area contributed by atoms with Gasteiger partial charge < -0.3 is 5.21 Å². The smallest absolute Gasteiger partial charge is 0.0635 e. The molecule has 3 unspecified atom stereocenters. The van der Waals surface area contributed by atoms with Crippen LogP contribution in [0.5, 0.6) is 0 Å². The van der Waals surface area contributed by atoms with Crippen LogP contribution < -0.4 is 0 Å². The van der Waals surface area contributed by atoms with Crippen LogP contribution in [0.1, 0.15) is 51.4 Å². The maximum atomic E-state index is 9.13. The molecule has 3 atom stereocenters. The van der Waals surface area contributed by atoms with Crippen molar-refractivity contribution in [3.05, 3.63) is 0 Å². The van der Waals surface area contributed by atoms with Gasteiger partial charge in [0.25, 0.3) is 0 Å².